The van der Waals surface area contributed by atoms with Crippen LogP contribution in [0, 0.1) is 6.92 Å². The van der Waals surface area contributed by atoms with E-state index in [9.17, 15) is 9.59 Å². The van der Waals surface area contributed by atoms with Gasteiger partial charge in [0.1, 0.15) is 5.03 Å². The van der Waals surface area contributed by atoms with E-state index in [-0.39, 0.29) is 0 Å². The SMILES string of the molecule is CNCc1c(C)nn(C)c1Sc1nc(=O)c(=O)[nH]n1C. The fourth-order valence-corrected chi connectivity index (χ4v) is 2.83. The van der Waals surface area contributed by atoms with Crippen LogP contribution in [0.3, 0.4) is 0 Å². The summed E-state index contributed by atoms with van der Waals surface area (Å²) in [6, 6.07) is 0. The minimum atomic E-state index is -0.792. The van der Waals surface area contributed by atoms with Gasteiger partial charge in [-0.05, 0) is 25.7 Å². The Bertz CT molecular complexity index is 744. The molecule has 0 aliphatic carbocycles. The molecule has 0 radical (unpaired) electrons. The van der Waals surface area contributed by atoms with Crippen LogP contribution >= 0.6 is 11.8 Å². The van der Waals surface area contributed by atoms with E-state index in [1.165, 1.54) is 16.4 Å². The number of aromatic nitrogens is 5. The van der Waals surface area contributed by atoms with Crippen molar-refractivity contribution in [3.05, 3.63) is 32.0 Å². The van der Waals surface area contributed by atoms with Gasteiger partial charge in [0, 0.05) is 26.2 Å². The minimum Gasteiger partial charge on any atom is -0.316 e. The molecule has 0 atom stereocenters. The maximum absolute atomic E-state index is 11.4. The first-order valence-electron chi connectivity index (χ1n) is 5.96. The molecule has 8 nitrogen and oxygen atoms in total. The molecule has 2 aromatic rings. The van der Waals surface area contributed by atoms with E-state index in [1.54, 1.807) is 11.7 Å². The van der Waals surface area contributed by atoms with E-state index in [0.29, 0.717) is 11.7 Å². The van der Waals surface area contributed by atoms with Gasteiger partial charge in [-0.25, -0.2) is 0 Å². The van der Waals surface area contributed by atoms with E-state index in [4.69, 9.17) is 0 Å². The van der Waals surface area contributed by atoms with Gasteiger partial charge in [0.2, 0.25) is 0 Å². The van der Waals surface area contributed by atoms with Crippen molar-refractivity contribution in [3.8, 4) is 0 Å². The second kappa shape index (κ2) is 5.63. The Labute approximate surface area is 119 Å². The maximum atomic E-state index is 11.4. The first-order chi connectivity index (χ1) is 9.43. The van der Waals surface area contributed by atoms with Gasteiger partial charge in [0.15, 0.2) is 5.16 Å². The van der Waals surface area contributed by atoms with Crippen LogP contribution in [0.4, 0.5) is 0 Å². The van der Waals surface area contributed by atoms with Crippen molar-refractivity contribution in [1.82, 2.24) is 29.9 Å². The smallest absolute Gasteiger partial charge is 0.316 e. The number of nitrogens with zero attached hydrogens (tertiary/aromatic N) is 4. The quantitative estimate of drug-likeness (QED) is 0.730. The van der Waals surface area contributed by atoms with Crippen LogP contribution in [0.15, 0.2) is 19.8 Å². The lowest BCUT2D eigenvalue weighted by molar-refractivity contribution is 0.593. The van der Waals surface area contributed by atoms with Crippen LogP contribution in [0.2, 0.25) is 0 Å². The summed E-state index contributed by atoms with van der Waals surface area (Å²) < 4.78 is 3.17. The predicted molar refractivity (Wildman–Crippen MR) is 74.9 cm³/mol. The van der Waals surface area contributed by atoms with Crippen molar-refractivity contribution in [1.29, 1.82) is 0 Å². The van der Waals surface area contributed by atoms with Gasteiger partial charge >= 0.3 is 11.1 Å². The molecule has 0 saturated carbocycles. The molecule has 0 aliphatic heterocycles. The molecule has 0 saturated heterocycles. The number of hydrogen-bond donors (Lipinski definition) is 2. The molecule has 0 unspecified atom stereocenters. The van der Waals surface area contributed by atoms with Crippen LogP contribution in [-0.2, 0) is 20.6 Å². The highest BCUT2D eigenvalue weighted by atomic mass is 32.2. The zero-order valence-electron chi connectivity index (χ0n) is 11.7. The van der Waals surface area contributed by atoms with E-state index in [2.05, 4.69) is 20.5 Å². The highest BCUT2D eigenvalue weighted by Crippen LogP contribution is 2.29. The predicted octanol–water partition coefficient (Wildman–Crippen LogP) is -0.619. The highest BCUT2D eigenvalue weighted by Gasteiger charge is 2.16. The first-order valence-corrected chi connectivity index (χ1v) is 6.78. The molecule has 9 heteroatoms. The zero-order chi connectivity index (χ0) is 14.9. The fraction of sp³-hybridized carbons (Fsp3) is 0.455. The molecule has 2 N–H and O–H groups in total. The molecule has 20 heavy (non-hydrogen) atoms. The van der Waals surface area contributed by atoms with Gasteiger partial charge in [0.05, 0.1) is 5.69 Å². The van der Waals surface area contributed by atoms with Gasteiger partial charge in [-0.3, -0.25) is 24.1 Å². The Morgan fingerprint density at radius 3 is 2.70 bits per heavy atom. The molecule has 2 rings (SSSR count). The second-order valence-corrected chi connectivity index (χ2v) is 5.28. The number of rotatable bonds is 4. The monoisotopic (exact) mass is 296 g/mol. The Kier molecular flexibility index (Phi) is 4.09. The number of aryl methyl sites for hydroxylation is 3. The van der Waals surface area contributed by atoms with Crippen LogP contribution in [0.5, 0.6) is 0 Å². The third kappa shape index (κ3) is 2.68. The van der Waals surface area contributed by atoms with Crippen molar-refractivity contribution in [2.24, 2.45) is 14.1 Å². The summed E-state index contributed by atoms with van der Waals surface area (Å²) in [6.07, 6.45) is 0. The molecule has 2 heterocycles. The number of aromatic amines is 1. The third-order valence-electron chi connectivity index (χ3n) is 2.78. The number of hydrogen-bond acceptors (Lipinski definition) is 6. The molecular weight excluding hydrogens is 280 g/mol. The van der Waals surface area contributed by atoms with Crippen LogP contribution < -0.4 is 16.4 Å². The van der Waals surface area contributed by atoms with Crippen molar-refractivity contribution in [2.75, 3.05) is 7.05 Å². The number of H-pyrrole nitrogens is 1. The van der Waals surface area contributed by atoms with Crippen molar-refractivity contribution in [2.45, 2.75) is 23.7 Å². The van der Waals surface area contributed by atoms with E-state index in [1.807, 2.05) is 21.0 Å². The third-order valence-corrected chi connectivity index (χ3v) is 4.03. The average molecular weight is 296 g/mol. The summed E-state index contributed by atoms with van der Waals surface area (Å²) in [5.74, 6) is 0. The molecule has 108 valence electrons. The van der Waals surface area contributed by atoms with E-state index >= 15 is 0 Å². The van der Waals surface area contributed by atoms with E-state index in [0.717, 1.165) is 16.3 Å². The summed E-state index contributed by atoms with van der Waals surface area (Å²) in [6.45, 7) is 2.59. The summed E-state index contributed by atoms with van der Waals surface area (Å²) in [7, 11) is 5.32. The van der Waals surface area contributed by atoms with Crippen molar-refractivity contribution >= 4 is 11.8 Å². The molecule has 0 spiro atoms. The lowest BCUT2D eigenvalue weighted by Gasteiger charge is -2.08. The summed E-state index contributed by atoms with van der Waals surface area (Å²) in [5.41, 5.74) is 0.437. The molecule has 0 fully saturated rings. The van der Waals surface area contributed by atoms with Gasteiger partial charge < -0.3 is 5.32 Å². The normalized spacial score (nSPS) is 11.0. The summed E-state index contributed by atoms with van der Waals surface area (Å²) >= 11 is 1.29. The standard InChI is InChI=1S/C11H16N6O2S/c1-6-7(5-12-2)10(16(3)14-6)20-11-13-8(18)9(19)15-17(11)4/h12H,5H2,1-4H3,(H,15,19). The Balaban J connectivity index is 2.47. The Hall–Kier alpha value is -1.87. The highest BCUT2D eigenvalue weighted by molar-refractivity contribution is 7.99. The molecule has 0 amide bonds. The van der Waals surface area contributed by atoms with Crippen molar-refractivity contribution in [3.63, 3.8) is 0 Å². The topological polar surface area (TPSA) is 97.6 Å². The van der Waals surface area contributed by atoms with Gasteiger partial charge in [-0.15, -0.1) is 0 Å². The molecular formula is C11H16N6O2S. The van der Waals surface area contributed by atoms with Gasteiger partial charge in [-0.1, -0.05) is 0 Å². The Morgan fingerprint density at radius 1 is 1.35 bits per heavy atom. The Morgan fingerprint density at radius 2 is 2.05 bits per heavy atom. The molecule has 0 bridgehead atoms. The van der Waals surface area contributed by atoms with Crippen LogP contribution in [0.25, 0.3) is 0 Å². The molecule has 0 aliphatic rings. The fourth-order valence-electron chi connectivity index (χ4n) is 1.83. The van der Waals surface area contributed by atoms with E-state index < -0.39 is 11.1 Å². The lowest BCUT2D eigenvalue weighted by atomic mass is 10.3. The number of nitrogens with one attached hydrogen (secondary N) is 2. The molecule has 2 aromatic heterocycles. The van der Waals surface area contributed by atoms with Gasteiger partial charge in [0.25, 0.3) is 0 Å². The van der Waals surface area contributed by atoms with Crippen molar-refractivity contribution < 1.29 is 0 Å². The maximum Gasteiger partial charge on any atom is 0.339 e. The zero-order valence-corrected chi connectivity index (χ0v) is 12.5. The second-order valence-electron chi connectivity index (χ2n) is 4.32. The summed E-state index contributed by atoms with van der Waals surface area (Å²) in [5, 5.41) is 11.2. The lowest BCUT2D eigenvalue weighted by Crippen LogP contribution is -2.33. The first kappa shape index (κ1) is 14.5. The largest absolute Gasteiger partial charge is 0.339 e. The minimum absolute atomic E-state index is 0.412. The van der Waals surface area contributed by atoms with Gasteiger partial charge in [-0.2, -0.15) is 10.1 Å². The van der Waals surface area contributed by atoms with Crippen LogP contribution in [-0.4, -0.2) is 31.6 Å². The van der Waals surface area contributed by atoms with Crippen LogP contribution in [0.1, 0.15) is 11.3 Å². The summed E-state index contributed by atoms with van der Waals surface area (Å²) in [4.78, 5) is 26.3. The molecule has 0 aromatic carbocycles. The average Bonchev–Trinajstić information content (AvgIpc) is 2.63.